The molecule has 0 spiro atoms. The summed E-state index contributed by atoms with van der Waals surface area (Å²) in [5.74, 6) is -1.27. The van der Waals surface area contributed by atoms with Gasteiger partial charge in [0.1, 0.15) is 11.6 Å². The molecule has 3 nitrogen and oxygen atoms in total. The highest BCUT2D eigenvalue weighted by Gasteiger charge is 2.57. The molecule has 0 fully saturated rings. The van der Waals surface area contributed by atoms with Crippen LogP contribution < -0.4 is 4.74 Å². The average Bonchev–Trinajstić information content (AvgIpc) is 2.61. The summed E-state index contributed by atoms with van der Waals surface area (Å²) in [7, 11) is 1.32. The normalized spacial score (nSPS) is 14.4. The van der Waals surface area contributed by atoms with Crippen molar-refractivity contribution in [3.05, 3.63) is 65.5 Å². The van der Waals surface area contributed by atoms with Gasteiger partial charge in [-0.3, -0.25) is 4.79 Å². The number of hydrogen-bond donors (Lipinski definition) is 1. The fourth-order valence-corrected chi connectivity index (χ4v) is 3.29. The van der Waals surface area contributed by atoms with Crippen molar-refractivity contribution < 1.29 is 32.2 Å². The number of Topliss-reactive ketones (excluding diaryl/α,β-unsaturated/α-hetero) is 1. The number of methoxy groups -OCH3 is 1. The first-order chi connectivity index (χ1) is 12.9. The first-order valence-electron chi connectivity index (χ1n) is 8.61. The largest absolute Gasteiger partial charge is 0.496 e. The van der Waals surface area contributed by atoms with Gasteiger partial charge in [-0.2, -0.15) is 13.2 Å². The van der Waals surface area contributed by atoms with Gasteiger partial charge in [0.15, 0.2) is 11.4 Å². The molecule has 0 bridgehead atoms. The molecule has 0 aliphatic heterocycles. The molecule has 0 aliphatic carbocycles. The van der Waals surface area contributed by atoms with E-state index < -0.39 is 41.6 Å². The number of ether oxygens (including phenoxy) is 1. The van der Waals surface area contributed by atoms with E-state index in [1.165, 1.54) is 51.3 Å². The lowest BCUT2D eigenvalue weighted by Crippen LogP contribution is -2.50. The molecule has 2 aromatic carbocycles. The molecule has 28 heavy (non-hydrogen) atoms. The summed E-state index contributed by atoms with van der Waals surface area (Å²) >= 11 is 0. The molecular formula is C21H22F4O3. The van der Waals surface area contributed by atoms with Gasteiger partial charge < -0.3 is 9.84 Å². The molecule has 1 atom stereocenters. The number of aliphatic hydroxyl groups is 1. The number of hydrogen-bond acceptors (Lipinski definition) is 3. The predicted octanol–water partition coefficient (Wildman–Crippen LogP) is 5.07. The Balaban J connectivity index is 2.41. The molecule has 0 aliphatic rings. The van der Waals surface area contributed by atoms with Crippen molar-refractivity contribution >= 4 is 5.78 Å². The van der Waals surface area contributed by atoms with E-state index >= 15 is 0 Å². The van der Waals surface area contributed by atoms with E-state index in [0.717, 1.165) is 12.1 Å². The minimum Gasteiger partial charge on any atom is -0.496 e. The Hall–Kier alpha value is -2.41. The summed E-state index contributed by atoms with van der Waals surface area (Å²) in [5.41, 5.74) is -4.38. The van der Waals surface area contributed by atoms with E-state index in [1.807, 2.05) is 0 Å². The van der Waals surface area contributed by atoms with E-state index in [2.05, 4.69) is 0 Å². The molecule has 152 valence electrons. The first-order valence-corrected chi connectivity index (χ1v) is 8.61. The second-order valence-electron chi connectivity index (χ2n) is 7.40. The van der Waals surface area contributed by atoms with Gasteiger partial charge in [-0.05, 0) is 30.0 Å². The first kappa shape index (κ1) is 21.9. The number of rotatable bonds is 7. The second kappa shape index (κ2) is 7.91. The van der Waals surface area contributed by atoms with Crippen LogP contribution in [0.1, 0.15) is 42.6 Å². The number of benzene rings is 2. The van der Waals surface area contributed by atoms with Gasteiger partial charge in [-0.1, -0.05) is 44.2 Å². The quantitative estimate of drug-likeness (QED) is 0.523. The third kappa shape index (κ3) is 4.70. The summed E-state index contributed by atoms with van der Waals surface area (Å²) in [6, 6.07) is 11.0. The third-order valence-corrected chi connectivity index (χ3v) is 4.70. The van der Waals surface area contributed by atoms with Crippen LogP contribution in [0.15, 0.2) is 48.5 Å². The smallest absolute Gasteiger partial charge is 0.417 e. The van der Waals surface area contributed by atoms with E-state index in [-0.39, 0.29) is 16.9 Å². The Kier molecular flexibility index (Phi) is 6.18. The monoisotopic (exact) mass is 398 g/mol. The lowest BCUT2D eigenvalue weighted by Gasteiger charge is -2.38. The van der Waals surface area contributed by atoms with E-state index in [9.17, 15) is 27.5 Å². The van der Waals surface area contributed by atoms with Crippen molar-refractivity contribution in [2.24, 2.45) is 0 Å². The van der Waals surface area contributed by atoms with Gasteiger partial charge in [-0.15, -0.1) is 0 Å². The van der Waals surface area contributed by atoms with E-state index in [4.69, 9.17) is 4.74 Å². The van der Waals surface area contributed by atoms with Crippen molar-refractivity contribution in [3.8, 4) is 5.75 Å². The van der Waals surface area contributed by atoms with Crippen LogP contribution in [0.3, 0.4) is 0 Å². The molecule has 0 heterocycles. The molecule has 0 radical (unpaired) electrons. The topological polar surface area (TPSA) is 46.5 Å². The Bertz CT molecular complexity index is 831. The highest BCUT2D eigenvalue weighted by Crippen LogP contribution is 2.45. The number of alkyl halides is 3. The van der Waals surface area contributed by atoms with Gasteiger partial charge in [0.05, 0.1) is 7.11 Å². The van der Waals surface area contributed by atoms with Crippen LogP contribution in [0.5, 0.6) is 5.75 Å². The molecule has 0 saturated heterocycles. The standard InChI is InChI=1S/C21H22F4O3/c1-19(2,16-11-15(22)9-10-18(16)28-3)13-20(27,21(23,24)25)12-17(26)14-7-5-4-6-8-14/h4-11,27H,12-13H2,1-3H3. The maximum absolute atomic E-state index is 13.8. The average molecular weight is 398 g/mol. The van der Waals surface area contributed by atoms with Crippen molar-refractivity contribution in [2.45, 2.75) is 43.9 Å². The van der Waals surface area contributed by atoms with Crippen LogP contribution >= 0.6 is 0 Å². The molecule has 0 aromatic heterocycles. The maximum Gasteiger partial charge on any atom is 0.417 e. The molecule has 0 saturated carbocycles. The van der Waals surface area contributed by atoms with Crippen molar-refractivity contribution in [2.75, 3.05) is 7.11 Å². The minimum absolute atomic E-state index is 0.0753. The summed E-state index contributed by atoms with van der Waals surface area (Å²) in [6.07, 6.45) is -7.04. The summed E-state index contributed by atoms with van der Waals surface area (Å²) in [6.45, 7) is 2.88. The minimum atomic E-state index is -5.06. The zero-order valence-corrected chi connectivity index (χ0v) is 15.8. The molecule has 0 amide bonds. The van der Waals surface area contributed by atoms with Crippen molar-refractivity contribution in [1.82, 2.24) is 0 Å². The van der Waals surface area contributed by atoms with Gasteiger partial charge in [-0.25, -0.2) is 4.39 Å². The fraction of sp³-hybridized carbons (Fsp3) is 0.381. The molecule has 1 N–H and O–H groups in total. The predicted molar refractivity (Wildman–Crippen MR) is 97.0 cm³/mol. The number of carbonyl (C=O) groups is 1. The van der Waals surface area contributed by atoms with Crippen LogP contribution in [0, 0.1) is 5.82 Å². The molecule has 2 aromatic rings. The number of ketones is 1. The highest BCUT2D eigenvalue weighted by atomic mass is 19.4. The maximum atomic E-state index is 13.8. The zero-order valence-electron chi connectivity index (χ0n) is 15.8. The lowest BCUT2D eigenvalue weighted by molar-refractivity contribution is -0.264. The zero-order chi connectivity index (χ0) is 21.2. The van der Waals surface area contributed by atoms with Crippen LogP contribution in [0.2, 0.25) is 0 Å². The molecular weight excluding hydrogens is 376 g/mol. The van der Waals surface area contributed by atoms with Gasteiger partial charge in [0.2, 0.25) is 0 Å². The second-order valence-corrected chi connectivity index (χ2v) is 7.40. The third-order valence-electron chi connectivity index (χ3n) is 4.70. The van der Waals surface area contributed by atoms with Crippen molar-refractivity contribution in [1.29, 1.82) is 0 Å². The van der Waals surface area contributed by atoms with Crippen LogP contribution in [0.25, 0.3) is 0 Å². The molecule has 1 unspecified atom stereocenters. The van der Waals surface area contributed by atoms with Crippen molar-refractivity contribution in [3.63, 3.8) is 0 Å². The Morgan fingerprint density at radius 1 is 1.07 bits per heavy atom. The number of carbonyl (C=O) groups excluding carboxylic acids is 1. The Morgan fingerprint density at radius 3 is 2.21 bits per heavy atom. The van der Waals surface area contributed by atoms with Gasteiger partial charge >= 0.3 is 6.18 Å². The fourth-order valence-electron chi connectivity index (χ4n) is 3.29. The van der Waals surface area contributed by atoms with E-state index in [1.54, 1.807) is 6.07 Å². The van der Waals surface area contributed by atoms with Crippen LogP contribution in [-0.4, -0.2) is 29.8 Å². The van der Waals surface area contributed by atoms with Crippen LogP contribution in [-0.2, 0) is 5.41 Å². The Morgan fingerprint density at radius 2 is 1.68 bits per heavy atom. The van der Waals surface area contributed by atoms with Gasteiger partial charge in [0, 0.05) is 17.5 Å². The van der Waals surface area contributed by atoms with Gasteiger partial charge in [0.25, 0.3) is 0 Å². The molecule has 7 heteroatoms. The van der Waals surface area contributed by atoms with Crippen LogP contribution in [0.4, 0.5) is 17.6 Å². The van der Waals surface area contributed by atoms with E-state index in [0.29, 0.717) is 0 Å². The summed E-state index contributed by atoms with van der Waals surface area (Å²) in [5, 5.41) is 10.5. The lowest BCUT2D eigenvalue weighted by atomic mass is 9.72. The SMILES string of the molecule is COc1ccc(F)cc1C(C)(C)CC(O)(CC(=O)c1ccccc1)C(F)(F)F. The number of halogens is 4. The summed E-state index contributed by atoms with van der Waals surface area (Å²) < 4.78 is 60.2. The molecule has 2 rings (SSSR count). The summed E-state index contributed by atoms with van der Waals surface area (Å²) in [4.78, 5) is 12.4. The highest BCUT2D eigenvalue weighted by molar-refractivity contribution is 5.96. The Labute approximate surface area is 161 Å².